The van der Waals surface area contributed by atoms with Gasteiger partial charge in [0.05, 0.1) is 31.7 Å². The Morgan fingerprint density at radius 3 is 2.58 bits per heavy atom. The molecule has 0 saturated heterocycles. The molecule has 0 radical (unpaired) electrons. The van der Waals surface area contributed by atoms with E-state index in [-0.39, 0.29) is 17.0 Å². The van der Waals surface area contributed by atoms with E-state index in [0.29, 0.717) is 41.5 Å². The van der Waals surface area contributed by atoms with Gasteiger partial charge >= 0.3 is 0 Å². The summed E-state index contributed by atoms with van der Waals surface area (Å²) in [7, 11) is 1.55. The minimum Gasteiger partial charge on any atom is -0.493 e. The van der Waals surface area contributed by atoms with Crippen molar-refractivity contribution in [1.29, 1.82) is 5.26 Å². The van der Waals surface area contributed by atoms with Gasteiger partial charge in [-0.3, -0.25) is 4.79 Å². The lowest BCUT2D eigenvalue weighted by molar-refractivity contribution is 0.310. The first kappa shape index (κ1) is 22.0. The van der Waals surface area contributed by atoms with E-state index in [1.54, 1.807) is 29.9 Å². The van der Waals surface area contributed by atoms with Gasteiger partial charge in [0.25, 0.3) is 5.56 Å². The minimum atomic E-state index is -0.696. The first-order chi connectivity index (χ1) is 16.0. The molecule has 2 heterocycles. The molecule has 0 amide bonds. The Labute approximate surface area is 192 Å². The van der Waals surface area contributed by atoms with Gasteiger partial charge in [0.1, 0.15) is 17.4 Å². The number of hydrogen-bond donors (Lipinski definition) is 1. The van der Waals surface area contributed by atoms with Gasteiger partial charge in [0.15, 0.2) is 11.5 Å². The number of ether oxygens (including phenoxy) is 3. The maximum Gasteiger partial charge on any atom is 0.259 e. The normalized spacial score (nSPS) is 14.8. The largest absolute Gasteiger partial charge is 0.493 e. The molecule has 1 aromatic heterocycles. The Morgan fingerprint density at radius 2 is 1.91 bits per heavy atom. The number of allylic oxidation sites excluding steroid dienone is 1. The molecule has 2 aromatic carbocycles. The molecule has 7 heteroatoms. The maximum atomic E-state index is 13.8. The third-order valence-electron chi connectivity index (χ3n) is 5.69. The Balaban J connectivity index is 1.91. The molecule has 2 N–H and O–H groups in total. The van der Waals surface area contributed by atoms with Gasteiger partial charge in [0.2, 0.25) is 5.88 Å². The number of benzene rings is 2. The lowest BCUT2D eigenvalue weighted by atomic mass is 9.84. The van der Waals surface area contributed by atoms with Crippen molar-refractivity contribution in [2.75, 3.05) is 13.7 Å². The zero-order valence-corrected chi connectivity index (χ0v) is 18.8. The van der Waals surface area contributed by atoms with Crippen LogP contribution in [0.4, 0.5) is 0 Å². The Hall–Kier alpha value is -4.18. The van der Waals surface area contributed by atoms with Crippen LogP contribution in [0.1, 0.15) is 35.2 Å². The molecule has 0 bridgehead atoms. The average Bonchev–Trinajstić information content (AvgIpc) is 2.82. The van der Waals surface area contributed by atoms with Crippen molar-refractivity contribution in [3.8, 4) is 23.3 Å². The Morgan fingerprint density at radius 1 is 1.15 bits per heavy atom. The first-order valence-corrected chi connectivity index (χ1v) is 10.6. The Kier molecular flexibility index (Phi) is 6.09. The molecule has 1 atom stereocenters. The van der Waals surface area contributed by atoms with E-state index < -0.39 is 5.92 Å². The summed E-state index contributed by atoms with van der Waals surface area (Å²) in [4.78, 5) is 13.8. The van der Waals surface area contributed by atoms with E-state index in [9.17, 15) is 10.1 Å². The molecular formula is C26H25N3O4. The van der Waals surface area contributed by atoms with Crippen molar-refractivity contribution in [3.05, 3.63) is 98.8 Å². The molecule has 3 aromatic rings. The number of nitrogens with two attached hydrogens (primary N) is 1. The fraction of sp³-hybridized carbons (Fsp3) is 0.231. The molecule has 168 valence electrons. The highest BCUT2D eigenvalue weighted by atomic mass is 16.5. The fourth-order valence-corrected chi connectivity index (χ4v) is 4.12. The second kappa shape index (κ2) is 9.13. The molecule has 0 aliphatic carbocycles. The lowest BCUT2D eigenvalue weighted by Gasteiger charge is -2.27. The summed E-state index contributed by atoms with van der Waals surface area (Å²) in [6.45, 7) is 4.62. The second-order valence-electron chi connectivity index (χ2n) is 7.71. The molecule has 4 rings (SSSR count). The highest BCUT2D eigenvalue weighted by Crippen LogP contribution is 2.42. The predicted octanol–water partition coefficient (Wildman–Crippen LogP) is 3.83. The molecule has 7 nitrogen and oxygen atoms in total. The van der Waals surface area contributed by atoms with Crippen LogP contribution in [0.2, 0.25) is 0 Å². The van der Waals surface area contributed by atoms with E-state index in [2.05, 4.69) is 6.07 Å². The third kappa shape index (κ3) is 4.03. The topological polar surface area (TPSA) is 99.5 Å². The average molecular weight is 444 g/mol. The number of hydrogen-bond acceptors (Lipinski definition) is 6. The monoisotopic (exact) mass is 443 g/mol. The quantitative estimate of drug-likeness (QED) is 0.622. The summed E-state index contributed by atoms with van der Waals surface area (Å²) >= 11 is 0. The van der Waals surface area contributed by atoms with Crippen LogP contribution in [0.3, 0.4) is 0 Å². The number of nitriles is 1. The summed E-state index contributed by atoms with van der Waals surface area (Å²) < 4.78 is 18.5. The van der Waals surface area contributed by atoms with Gasteiger partial charge in [-0.25, -0.2) is 0 Å². The summed E-state index contributed by atoms with van der Waals surface area (Å²) in [6, 6.07) is 19.0. The molecule has 1 aliphatic heterocycles. The van der Waals surface area contributed by atoms with Crippen LogP contribution >= 0.6 is 0 Å². The van der Waals surface area contributed by atoms with Gasteiger partial charge in [-0.2, -0.15) is 5.26 Å². The van der Waals surface area contributed by atoms with E-state index >= 15 is 0 Å². The lowest BCUT2D eigenvalue weighted by Crippen LogP contribution is -2.33. The van der Waals surface area contributed by atoms with Crippen LogP contribution in [0.15, 0.2) is 70.8 Å². The number of fused-ring (bicyclic) bond motifs is 1. The first-order valence-electron chi connectivity index (χ1n) is 10.6. The van der Waals surface area contributed by atoms with Crippen LogP contribution in [-0.4, -0.2) is 18.3 Å². The number of methoxy groups -OCH3 is 1. The second-order valence-corrected chi connectivity index (χ2v) is 7.71. The van der Waals surface area contributed by atoms with Crippen molar-refractivity contribution in [2.24, 2.45) is 5.73 Å². The molecular weight excluding hydrogens is 418 g/mol. The van der Waals surface area contributed by atoms with Crippen molar-refractivity contribution >= 4 is 0 Å². The number of nitrogens with zero attached hydrogens (tertiary/aromatic N) is 2. The molecule has 33 heavy (non-hydrogen) atoms. The van der Waals surface area contributed by atoms with Gasteiger partial charge in [-0.1, -0.05) is 36.4 Å². The molecule has 0 saturated carbocycles. The fourth-order valence-electron chi connectivity index (χ4n) is 4.12. The summed E-state index contributed by atoms with van der Waals surface area (Å²) in [6.07, 6.45) is 0. The molecule has 0 fully saturated rings. The third-order valence-corrected chi connectivity index (χ3v) is 5.69. The Bertz CT molecular complexity index is 1320. The van der Waals surface area contributed by atoms with E-state index in [0.717, 1.165) is 11.3 Å². The molecule has 1 aliphatic rings. The van der Waals surface area contributed by atoms with E-state index in [4.69, 9.17) is 19.9 Å². The zero-order valence-electron chi connectivity index (χ0n) is 18.8. The highest BCUT2D eigenvalue weighted by molar-refractivity contribution is 5.57. The van der Waals surface area contributed by atoms with Gasteiger partial charge in [0, 0.05) is 11.8 Å². The van der Waals surface area contributed by atoms with E-state index in [1.165, 1.54) is 0 Å². The van der Waals surface area contributed by atoms with Crippen molar-refractivity contribution in [3.63, 3.8) is 0 Å². The summed E-state index contributed by atoms with van der Waals surface area (Å²) in [5.74, 6) is 0.740. The number of aromatic nitrogens is 1. The minimum absolute atomic E-state index is 0.0116. The SMILES string of the molecule is CCOc1ccc(C2C(C#N)=C(N)Oc3cc(C)n(Cc4ccccc4)c(=O)c32)cc1OC. The van der Waals surface area contributed by atoms with Crippen molar-refractivity contribution < 1.29 is 14.2 Å². The predicted molar refractivity (Wildman–Crippen MR) is 124 cm³/mol. The maximum absolute atomic E-state index is 13.8. The smallest absolute Gasteiger partial charge is 0.259 e. The number of rotatable bonds is 6. The highest BCUT2D eigenvalue weighted by Gasteiger charge is 2.34. The van der Waals surface area contributed by atoms with Gasteiger partial charge < -0.3 is 24.5 Å². The standard InChI is InChI=1S/C26H25N3O4/c1-4-32-20-11-10-18(13-21(20)31-3)23-19(14-27)25(28)33-22-12-16(2)29(26(30)24(22)23)15-17-8-6-5-7-9-17/h5-13,23H,4,15,28H2,1-3H3. The van der Waals surface area contributed by atoms with Crippen molar-refractivity contribution in [2.45, 2.75) is 26.3 Å². The van der Waals surface area contributed by atoms with Crippen LogP contribution in [0, 0.1) is 18.3 Å². The van der Waals surface area contributed by atoms with Gasteiger partial charge in [-0.05, 0) is 37.1 Å². The summed E-state index contributed by atoms with van der Waals surface area (Å²) in [5.41, 5.74) is 8.85. The summed E-state index contributed by atoms with van der Waals surface area (Å²) in [5, 5.41) is 9.90. The molecule has 0 spiro atoms. The van der Waals surface area contributed by atoms with Crippen LogP contribution in [0.5, 0.6) is 17.2 Å². The zero-order chi connectivity index (χ0) is 23.5. The van der Waals surface area contributed by atoms with Gasteiger partial charge in [-0.15, -0.1) is 0 Å². The van der Waals surface area contributed by atoms with Crippen LogP contribution in [-0.2, 0) is 6.54 Å². The van der Waals surface area contributed by atoms with Crippen LogP contribution in [0.25, 0.3) is 0 Å². The molecule has 1 unspecified atom stereocenters. The van der Waals surface area contributed by atoms with Crippen LogP contribution < -0.4 is 25.5 Å². The van der Waals surface area contributed by atoms with E-state index in [1.807, 2.05) is 50.2 Å². The number of pyridine rings is 1. The number of aryl methyl sites for hydroxylation is 1. The van der Waals surface area contributed by atoms with Crippen molar-refractivity contribution in [1.82, 2.24) is 4.57 Å².